The summed E-state index contributed by atoms with van der Waals surface area (Å²) in [5, 5.41) is 3.14. The number of nitrogens with zero attached hydrogens (tertiary/aromatic N) is 1. The largest absolute Gasteiger partial charge is 0.497 e. The second-order valence-corrected chi connectivity index (χ2v) is 9.49. The zero-order valence-corrected chi connectivity index (χ0v) is 18.2. The van der Waals surface area contributed by atoms with Crippen molar-refractivity contribution in [3.05, 3.63) is 58.1 Å². The van der Waals surface area contributed by atoms with E-state index in [4.69, 9.17) is 27.9 Å². The number of nitrogens with one attached hydrogen (secondary N) is 1. The van der Waals surface area contributed by atoms with Crippen LogP contribution in [-0.4, -0.2) is 38.8 Å². The van der Waals surface area contributed by atoms with E-state index in [9.17, 15) is 13.2 Å². The maximum absolute atomic E-state index is 12.9. The van der Waals surface area contributed by atoms with Crippen LogP contribution in [0.3, 0.4) is 0 Å². The quantitative estimate of drug-likeness (QED) is 0.718. The molecule has 9 heteroatoms. The summed E-state index contributed by atoms with van der Waals surface area (Å²) in [6.07, 6.45) is 0.901. The first-order chi connectivity index (χ1) is 13.8. The number of ether oxygens (including phenoxy) is 1. The average molecular weight is 457 g/mol. The van der Waals surface area contributed by atoms with Gasteiger partial charge in [-0.1, -0.05) is 41.4 Å². The van der Waals surface area contributed by atoms with Crippen molar-refractivity contribution in [2.75, 3.05) is 20.2 Å². The average Bonchev–Trinajstić information content (AvgIpc) is 2.74. The van der Waals surface area contributed by atoms with Gasteiger partial charge in [0.15, 0.2) is 0 Å². The fourth-order valence-electron chi connectivity index (χ4n) is 3.26. The second kappa shape index (κ2) is 9.34. The molecule has 1 saturated heterocycles. The molecule has 1 fully saturated rings. The van der Waals surface area contributed by atoms with E-state index >= 15 is 0 Å². The van der Waals surface area contributed by atoms with Gasteiger partial charge in [-0.25, -0.2) is 8.42 Å². The third kappa shape index (κ3) is 5.04. The van der Waals surface area contributed by atoms with Crippen LogP contribution >= 0.6 is 23.2 Å². The van der Waals surface area contributed by atoms with Crippen molar-refractivity contribution >= 4 is 39.1 Å². The minimum absolute atomic E-state index is 0.00549. The molecule has 0 saturated carbocycles. The van der Waals surface area contributed by atoms with Gasteiger partial charge in [-0.05, 0) is 42.7 Å². The molecule has 0 spiro atoms. The van der Waals surface area contributed by atoms with Gasteiger partial charge in [0, 0.05) is 25.6 Å². The van der Waals surface area contributed by atoms with Crippen molar-refractivity contribution < 1.29 is 17.9 Å². The lowest BCUT2D eigenvalue weighted by atomic mass is 9.97. The summed E-state index contributed by atoms with van der Waals surface area (Å²) in [6.45, 7) is 0.928. The Morgan fingerprint density at radius 2 is 1.79 bits per heavy atom. The number of amides is 1. The number of benzene rings is 2. The molecule has 0 atom stereocenters. The van der Waals surface area contributed by atoms with Crippen LogP contribution in [-0.2, 0) is 21.4 Å². The summed E-state index contributed by atoms with van der Waals surface area (Å²) >= 11 is 12.0. The first-order valence-corrected chi connectivity index (χ1v) is 11.4. The number of piperidine rings is 1. The summed E-state index contributed by atoms with van der Waals surface area (Å²) in [5.41, 5.74) is 0.967. The Balaban J connectivity index is 1.56. The first kappa shape index (κ1) is 21.9. The monoisotopic (exact) mass is 456 g/mol. The third-order valence-corrected chi connectivity index (χ3v) is 7.86. The predicted octanol–water partition coefficient (Wildman–Crippen LogP) is 3.72. The van der Waals surface area contributed by atoms with Gasteiger partial charge in [0.25, 0.3) is 0 Å². The topological polar surface area (TPSA) is 75.7 Å². The van der Waals surface area contributed by atoms with Crippen LogP contribution in [0, 0.1) is 5.92 Å². The molecule has 2 aromatic carbocycles. The Labute approximate surface area is 180 Å². The molecule has 3 rings (SSSR count). The van der Waals surface area contributed by atoms with E-state index < -0.39 is 10.0 Å². The number of hydrogen-bond donors (Lipinski definition) is 1. The lowest BCUT2D eigenvalue weighted by Crippen LogP contribution is -2.42. The molecule has 1 N–H and O–H groups in total. The SMILES string of the molecule is COc1ccc(CNC(=O)C2CCN(S(=O)(=O)c3cccc(Cl)c3Cl)CC2)cc1. The highest BCUT2D eigenvalue weighted by Gasteiger charge is 2.33. The van der Waals surface area contributed by atoms with Gasteiger partial charge in [0.1, 0.15) is 10.6 Å². The molecule has 0 aliphatic carbocycles. The van der Waals surface area contributed by atoms with Gasteiger partial charge in [-0.15, -0.1) is 0 Å². The van der Waals surface area contributed by atoms with Crippen molar-refractivity contribution in [1.82, 2.24) is 9.62 Å². The fourth-order valence-corrected chi connectivity index (χ4v) is 5.46. The standard InChI is InChI=1S/C20H22Cl2N2O4S/c1-28-16-7-5-14(6-8-16)13-23-20(25)15-9-11-24(12-10-15)29(26,27)18-4-2-3-17(21)19(18)22/h2-8,15H,9-13H2,1H3,(H,23,25). The molecular weight excluding hydrogens is 435 g/mol. The number of rotatable bonds is 6. The van der Waals surface area contributed by atoms with E-state index in [1.165, 1.54) is 10.4 Å². The van der Waals surface area contributed by atoms with Crippen molar-refractivity contribution in [1.29, 1.82) is 0 Å². The molecule has 1 heterocycles. The van der Waals surface area contributed by atoms with Crippen LogP contribution in [0.5, 0.6) is 5.75 Å². The van der Waals surface area contributed by atoms with Crippen LogP contribution < -0.4 is 10.1 Å². The molecule has 1 aliphatic heterocycles. The van der Waals surface area contributed by atoms with E-state index in [-0.39, 0.29) is 39.9 Å². The van der Waals surface area contributed by atoms with Crippen LogP contribution in [0.15, 0.2) is 47.4 Å². The molecule has 2 aromatic rings. The number of carbonyl (C=O) groups excluding carboxylic acids is 1. The molecular formula is C20H22Cl2N2O4S. The first-order valence-electron chi connectivity index (χ1n) is 9.17. The van der Waals surface area contributed by atoms with Crippen molar-refractivity contribution in [2.45, 2.75) is 24.3 Å². The third-order valence-electron chi connectivity index (χ3n) is 4.98. The van der Waals surface area contributed by atoms with Gasteiger partial charge >= 0.3 is 0 Å². The normalized spacial score (nSPS) is 15.8. The second-order valence-electron chi connectivity index (χ2n) is 6.80. The van der Waals surface area contributed by atoms with Crippen molar-refractivity contribution in [2.24, 2.45) is 5.92 Å². The van der Waals surface area contributed by atoms with Gasteiger partial charge in [-0.2, -0.15) is 4.31 Å². The number of carbonyl (C=O) groups is 1. The van der Waals surface area contributed by atoms with Gasteiger partial charge in [-0.3, -0.25) is 4.79 Å². The molecule has 29 heavy (non-hydrogen) atoms. The molecule has 156 valence electrons. The van der Waals surface area contributed by atoms with Crippen molar-refractivity contribution in [3.63, 3.8) is 0 Å². The Bertz CT molecular complexity index is 972. The summed E-state index contributed by atoms with van der Waals surface area (Å²) in [5.74, 6) is 0.460. The Hall–Kier alpha value is -1.80. The van der Waals surface area contributed by atoms with E-state index in [1.807, 2.05) is 24.3 Å². The lowest BCUT2D eigenvalue weighted by Gasteiger charge is -2.30. The summed E-state index contributed by atoms with van der Waals surface area (Å²) in [6, 6.07) is 12.0. The Morgan fingerprint density at radius 3 is 2.41 bits per heavy atom. The van der Waals surface area contributed by atoms with E-state index in [1.54, 1.807) is 19.2 Å². The highest BCUT2D eigenvalue weighted by Crippen LogP contribution is 2.32. The maximum atomic E-state index is 12.9. The zero-order chi connectivity index (χ0) is 21.0. The van der Waals surface area contributed by atoms with Crippen LogP contribution in [0.4, 0.5) is 0 Å². The minimum Gasteiger partial charge on any atom is -0.497 e. The summed E-state index contributed by atoms with van der Waals surface area (Å²) < 4.78 is 32.2. The van der Waals surface area contributed by atoms with Crippen LogP contribution in [0.2, 0.25) is 10.0 Å². The minimum atomic E-state index is -3.75. The van der Waals surface area contributed by atoms with E-state index in [0.717, 1.165) is 11.3 Å². The van der Waals surface area contributed by atoms with E-state index in [2.05, 4.69) is 5.32 Å². The molecule has 0 aromatic heterocycles. The zero-order valence-electron chi connectivity index (χ0n) is 15.9. The Kier molecular flexibility index (Phi) is 7.05. The number of methoxy groups -OCH3 is 1. The molecule has 0 bridgehead atoms. The number of sulfonamides is 1. The Morgan fingerprint density at radius 1 is 1.14 bits per heavy atom. The smallest absolute Gasteiger partial charge is 0.244 e. The highest BCUT2D eigenvalue weighted by molar-refractivity contribution is 7.89. The fraction of sp³-hybridized carbons (Fsp3) is 0.350. The molecule has 0 radical (unpaired) electrons. The van der Waals surface area contributed by atoms with Crippen LogP contribution in [0.1, 0.15) is 18.4 Å². The van der Waals surface area contributed by atoms with Gasteiger partial charge in [0.05, 0.1) is 17.2 Å². The molecule has 0 unspecified atom stereocenters. The number of hydrogen-bond acceptors (Lipinski definition) is 4. The molecule has 6 nitrogen and oxygen atoms in total. The number of halogens is 2. The van der Waals surface area contributed by atoms with Crippen LogP contribution in [0.25, 0.3) is 0 Å². The lowest BCUT2D eigenvalue weighted by molar-refractivity contribution is -0.126. The molecule has 1 aliphatic rings. The van der Waals surface area contributed by atoms with Gasteiger partial charge in [0.2, 0.25) is 15.9 Å². The highest BCUT2D eigenvalue weighted by atomic mass is 35.5. The maximum Gasteiger partial charge on any atom is 0.244 e. The van der Waals surface area contributed by atoms with E-state index in [0.29, 0.717) is 19.4 Å². The predicted molar refractivity (Wildman–Crippen MR) is 113 cm³/mol. The van der Waals surface area contributed by atoms with Gasteiger partial charge < -0.3 is 10.1 Å². The summed E-state index contributed by atoms with van der Waals surface area (Å²) in [4.78, 5) is 12.5. The summed E-state index contributed by atoms with van der Waals surface area (Å²) in [7, 11) is -2.15. The van der Waals surface area contributed by atoms with Crippen molar-refractivity contribution in [3.8, 4) is 5.75 Å². The molecule has 1 amide bonds.